The summed E-state index contributed by atoms with van der Waals surface area (Å²) in [7, 11) is 0. The minimum Gasteiger partial charge on any atom is -0.458 e. The fourth-order valence-electron chi connectivity index (χ4n) is 2.49. The van der Waals surface area contributed by atoms with Gasteiger partial charge in [-0.1, -0.05) is 51.9 Å². The van der Waals surface area contributed by atoms with Crippen molar-refractivity contribution in [1.82, 2.24) is 0 Å². The van der Waals surface area contributed by atoms with Crippen LogP contribution < -0.4 is 0 Å². The van der Waals surface area contributed by atoms with E-state index in [4.69, 9.17) is 14.6 Å². The van der Waals surface area contributed by atoms with Crippen LogP contribution in [0.2, 0.25) is 0 Å². The number of carbonyl (C=O) groups excluding carboxylic acids is 2. The number of hydrogen-bond acceptors (Lipinski definition) is 5. The van der Waals surface area contributed by atoms with E-state index in [-0.39, 0.29) is 19.0 Å². The van der Waals surface area contributed by atoms with Crippen LogP contribution in [0.15, 0.2) is 0 Å². The molecule has 1 heterocycles. The second kappa shape index (κ2) is 10.6. The lowest BCUT2D eigenvalue weighted by Crippen LogP contribution is -2.30. The van der Waals surface area contributed by atoms with Crippen LogP contribution in [-0.4, -0.2) is 35.9 Å². The molecule has 0 unspecified atom stereocenters. The molecule has 0 bridgehead atoms. The summed E-state index contributed by atoms with van der Waals surface area (Å²) < 4.78 is 10.0. The van der Waals surface area contributed by atoms with Crippen molar-refractivity contribution in [2.24, 2.45) is 0 Å². The summed E-state index contributed by atoms with van der Waals surface area (Å²) in [5.41, 5.74) is 0. The maximum Gasteiger partial charge on any atom is 0.310 e. The van der Waals surface area contributed by atoms with E-state index in [1.54, 1.807) is 0 Å². The molecule has 5 heteroatoms. The largest absolute Gasteiger partial charge is 0.458 e. The Bertz CT molecular complexity index is 316. The van der Waals surface area contributed by atoms with Gasteiger partial charge in [0.1, 0.15) is 0 Å². The molecule has 2 atom stereocenters. The monoisotopic (exact) mass is 300 g/mol. The zero-order valence-electron chi connectivity index (χ0n) is 13.0. The fraction of sp³-hybridized carbons (Fsp3) is 0.875. The van der Waals surface area contributed by atoms with Crippen LogP contribution in [0.5, 0.6) is 0 Å². The van der Waals surface area contributed by atoms with Gasteiger partial charge in [-0.05, 0) is 6.42 Å². The molecule has 1 saturated heterocycles. The summed E-state index contributed by atoms with van der Waals surface area (Å²) in [6.07, 6.45) is 8.48. The normalized spacial score (nSPS) is 21.3. The minimum absolute atomic E-state index is 0.0500. The van der Waals surface area contributed by atoms with Gasteiger partial charge in [-0.2, -0.15) is 0 Å². The average Bonchev–Trinajstić information content (AvgIpc) is 2.81. The second-order valence-electron chi connectivity index (χ2n) is 5.67. The van der Waals surface area contributed by atoms with Crippen molar-refractivity contribution in [1.29, 1.82) is 0 Å². The Balaban J connectivity index is 2.02. The van der Waals surface area contributed by atoms with Gasteiger partial charge in [-0.25, -0.2) is 0 Å². The smallest absolute Gasteiger partial charge is 0.310 e. The highest BCUT2D eigenvalue weighted by atomic mass is 16.6. The summed E-state index contributed by atoms with van der Waals surface area (Å²) in [6.45, 7) is 1.90. The van der Waals surface area contributed by atoms with E-state index < -0.39 is 18.2 Å². The Morgan fingerprint density at radius 3 is 2.43 bits per heavy atom. The third kappa shape index (κ3) is 7.46. The van der Waals surface area contributed by atoms with Crippen molar-refractivity contribution in [3.8, 4) is 0 Å². The highest BCUT2D eigenvalue weighted by molar-refractivity contribution is 5.74. The van der Waals surface area contributed by atoms with Gasteiger partial charge >= 0.3 is 11.9 Å². The molecule has 0 saturated carbocycles. The minimum atomic E-state index is -0.694. The van der Waals surface area contributed by atoms with Crippen LogP contribution in [0, 0.1) is 0 Å². The van der Waals surface area contributed by atoms with Gasteiger partial charge in [-0.3, -0.25) is 9.59 Å². The zero-order chi connectivity index (χ0) is 15.5. The molecule has 1 fully saturated rings. The topological polar surface area (TPSA) is 72.8 Å². The number of rotatable bonds is 11. The lowest BCUT2D eigenvalue weighted by molar-refractivity contribution is -0.154. The Morgan fingerprint density at radius 1 is 1.19 bits per heavy atom. The zero-order valence-corrected chi connectivity index (χ0v) is 13.0. The molecule has 0 aliphatic carbocycles. The van der Waals surface area contributed by atoms with E-state index in [0.29, 0.717) is 6.42 Å². The lowest BCUT2D eigenvalue weighted by Gasteiger charge is -2.15. The van der Waals surface area contributed by atoms with Gasteiger partial charge in [0.15, 0.2) is 12.2 Å². The van der Waals surface area contributed by atoms with Crippen molar-refractivity contribution < 1.29 is 24.2 Å². The first-order chi connectivity index (χ1) is 10.2. The number of hydrogen-bond donors (Lipinski definition) is 1. The SMILES string of the molecule is CCCCCCCCCCC(=O)O[C@@H]1CC(=O)O[C@H]1CO. The first-order valence-corrected chi connectivity index (χ1v) is 8.17. The standard InChI is InChI=1S/C16H28O5/c1-2-3-4-5-6-7-8-9-10-15(18)20-13-11-16(19)21-14(13)12-17/h13-14,17H,2-12H2,1H3/t13-,14+/m1/s1. The molecule has 0 amide bonds. The van der Waals surface area contributed by atoms with E-state index in [2.05, 4.69) is 6.92 Å². The number of aliphatic hydroxyl groups is 1. The molecule has 1 aliphatic heterocycles. The molecule has 5 nitrogen and oxygen atoms in total. The molecular weight excluding hydrogens is 272 g/mol. The Hall–Kier alpha value is -1.10. The van der Waals surface area contributed by atoms with Gasteiger partial charge in [0.25, 0.3) is 0 Å². The Kier molecular flexibility index (Phi) is 9.06. The van der Waals surface area contributed by atoms with Crippen molar-refractivity contribution >= 4 is 11.9 Å². The van der Waals surface area contributed by atoms with E-state index in [0.717, 1.165) is 19.3 Å². The average molecular weight is 300 g/mol. The van der Waals surface area contributed by atoms with Gasteiger partial charge < -0.3 is 14.6 Å². The van der Waals surface area contributed by atoms with Gasteiger partial charge in [0.2, 0.25) is 0 Å². The van der Waals surface area contributed by atoms with Gasteiger partial charge in [0.05, 0.1) is 13.0 Å². The first-order valence-electron chi connectivity index (χ1n) is 8.17. The van der Waals surface area contributed by atoms with Crippen LogP contribution in [0.4, 0.5) is 0 Å². The van der Waals surface area contributed by atoms with Crippen LogP contribution in [0.25, 0.3) is 0 Å². The highest BCUT2D eigenvalue weighted by Gasteiger charge is 2.37. The maximum atomic E-state index is 11.7. The number of ether oxygens (including phenoxy) is 2. The predicted octanol–water partition coefficient (Wildman–Crippen LogP) is 2.74. The molecule has 21 heavy (non-hydrogen) atoms. The lowest BCUT2D eigenvalue weighted by atomic mass is 10.1. The van der Waals surface area contributed by atoms with E-state index in [1.807, 2.05) is 0 Å². The summed E-state index contributed by atoms with van der Waals surface area (Å²) >= 11 is 0. The van der Waals surface area contributed by atoms with Crippen molar-refractivity contribution in [3.63, 3.8) is 0 Å². The summed E-state index contributed by atoms with van der Waals surface area (Å²) in [4.78, 5) is 22.8. The van der Waals surface area contributed by atoms with E-state index in [9.17, 15) is 9.59 Å². The van der Waals surface area contributed by atoms with Crippen LogP contribution in [0.1, 0.15) is 71.1 Å². The molecular formula is C16H28O5. The number of esters is 2. The Morgan fingerprint density at radius 2 is 1.81 bits per heavy atom. The molecule has 1 N–H and O–H groups in total. The number of cyclic esters (lactones) is 1. The molecule has 0 aromatic rings. The molecule has 0 radical (unpaired) electrons. The Labute approximate surface area is 127 Å². The third-order valence-corrected chi connectivity index (χ3v) is 3.76. The van der Waals surface area contributed by atoms with Gasteiger partial charge in [-0.15, -0.1) is 0 Å². The maximum absolute atomic E-state index is 11.7. The summed E-state index contributed by atoms with van der Waals surface area (Å²) in [5.74, 6) is -0.721. The van der Waals surface area contributed by atoms with E-state index in [1.165, 1.54) is 32.1 Å². The van der Waals surface area contributed by atoms with E-state index >= 15 is 0 Å². The number of unbranched alkanes of at least 4 members (excludes halogenated alkanes) is 7. The predicted molar refractivity (Wildman–Crippen MR) is 78.7 cm³/mol. The van der Waals surface area contributed by atoms with Gasteiger partial charge in [0, 0.05) is 6.42 Å². The molecule has 0 aromatic heterocycles. The second-order valence-corrected chi connectivity index (χ2v) is 5.67. The molecule has 122 valence electrons. The van der Waals surface area contributed by atoms with Crippen LogP contribution in [0.3, 0.4) is 0 Å². The van der Waals surface area contributed by atoms with Crippen molar-refractivity contribution in [2.45, 2.75) is 83.3 Å². The highest BCUT2D eigenvalue weighted by Crippen LogP contribution is 2.19. The summed E-state index contributed by atoms with van der Waals surface area (Å²) in [5, 5.41) is 9.03. The number of aliphatic hydroxyl groups excluding tert-OH is 1. The van der Waals surface area contributed by atoms with Crippen LogP contribution >= 0.6 is 0 Å². The quantitative estimate of drug-likeness (QED) is 0.469. The van der Waals surface area contributed by atoms with Crippen molar-refractivity contribution in [3.05, 3.63) is 0 Å². The first kappa shape index (κ1) is 18.0. The molecule has 1 aliphatic rings. The van der Waals surface area contributed by atoms with Crippen molar-refractivity contribution in [2.75, 3.05) is 6.61 Å². The number of carbonyl (C=O) groups is 2. The molecule has 0 spiro atoms. The fourth-order valence-corrected chi connectivity index (χ4v) is 2.49. The third-order valence-electron chi connectivity index (χ3n) is 3.76. The molecule has 0 aromatic carbocycles. The summed E-state index contributed by atoms with van der Waals surface area (Å²) in [6, 6.07) is 0. The molecule has 1 rings (SSSR count). The van der Waals surface area contributed by atoms with Crippen LogP contribution in [-0.2, 0) is 19.1 Å².